The summed E-state index contributed by atoms with van der Waals surface area (Å²) >= 11 is 3.55. The minimum absolute atomic E-state index is 0.285. The zero-order chi connectivity index (χ0) is 12.3. The van der Waals surface area contributed by atoms with E-state index in [2.05, 4.69) is 64.5 Å². The molecule has 2 nitrogen and oxygen atoms in total. The molecular weight excluding hydrogens is 276 g/mol. The highest BCUT2D eigenvalue weighted by atomic mass is 79.9. The largest absolute Gasteiger partial charge is 0.314 e. The number of nitrogens with zero attached hydrogens (tertiary/aromatic N) is 1. The molecule has 1 aliphatic heterocycles. The molecule has 1 aromatic rings. The molecular formula is C14H21BrN2. The summed E-state index contributed by atoms with van der Waals surface area (Å²) in [6.07, 6.45) is 3.58. The highest BCUT2D eigenvalue weighted by molar-refractivity contribution is 9.10. The van der Waals surface area contributed by atoms with Gasteiger partial charge in [-0.15, -0.1) is 0 Å². The Bertz CT molecular complexity index is 370. The smallest absolute Gasteiger partial charge is 0.0243 e. The summed E-state index contributed by atoms with van der Waals surface area (Å²) in [4.78, 5) is 2.41. The van der Waals surface area contributed by atoms with Gasteiger partial charge in [0.1, 0.15) is 0 Å². The Kier molecular flexibility index (Phi) is 4.23. The standard InChI is InChI=1S/C14H21BrN2/c1-16-14(6-8-17(2)9-7-14)11-12-4-3-5-13(15)10-12/h3-5,10,16H,6-9,11H2,1-2H3. The number of likely N-dealkylation sites (N-methyl/N-ethyl adjacent to an activating group) is 1. The van der Waals surface area contributed by atoms with Gasteiger partial charge in [-0.2, -0.15) is 0 Å². The first-order valence-corrected chi connectivity index (χ1v) is 7.05. The van der Waals surface area contributed by atoms with Crippen molar-refractivity contribution in [2.24, 2.45) is 0 Å². The molecule has 0 saturated carbocycles. The predicted molar refractivity (Wildman–Crippen MR) is 76.4 cm³/mol. The van der Waals surface area contributed by atoms with Crippen molar-refractivity contribution in [3.63, 3.8) is 0 Å². The molecule has 0 unspecified atom stereocenters. The zero-order valence-electron chi connectivity index (χ0n) is 10.7. The fourth-order valence-corrected chi connectivity index (χ4v) is 3.05. The number of nitrogens with one attached hydrogen (secondary N) is 1. The van der Waals surface area contributed by atoms with Crippen molar-refractivity contribution in [3.8, 4) is 0 Å². The van der Waals surface area contributed by atoms with Crippen LogP contribution in [0.15, 0.2) is 28.7 Å². The molecule has 0 aliphatic carbocycles. The molecule has 0 spiro atoms. The van der Waals surface area contributed by atoms with Crippen molar-refractivity contribution in [2.75, 3.05) is 27.2 Å². The molecule has 0 atom stereocenters. The van der Waals surface area contributed by atoms with Gasteiger partial charge in [-0.1, -0.05) is 28.1 Å². The molecule has 0 aromatic heterocycles. The lowest BCUT2D eigenvalue weighted by atomic mass is 9.82. The van der Waals surface area contributed by atoms with Gasteiger partial charge < -0.3 is 10.2 Å². The minimum Gasteiger partial charge on any atom is -0.314 e. The van der Waals surface area contributed by atoms with Gasteiger partial charge >= 0.3 is 0 Å². The molecule has 0 radical (unpaired) electrons. The van der Waals surface area contributed by atoms with E-state index in [-0.39, 0.29) is 5.54 Å². The molecule has 1 N–H and O–H groups in total. The van der Waals surface area contributed by atoms with Gasteiger partial charge in [-0.3, -0.25) is 0 Å². The van der Waals surface area contributed by atoms with Gasteiger partial charge in [0.2, 0.25) is 0 Å². The van der Waals surface area contributed by atoms with Crippen LogP contribution in [0.1, 0.15) is 18.4 Å². The van der Waals surface area contributed by atoms with Crippen molar-refractivity contribution in [1.29, 1.82) is 0 Å². The third-order valence-corrected chi connectivity index (χ3v) is 4.40. The fourth-order valence-electron chi connectivity index (χ4n) is 2.60. The van der Waals surface area contributed by atoms with Crippen LogP contribution in [-0.2, 0) is 6.42 Å². The van der Waals surface area contributed by atoms with Crippen LogP contribution < -0.4 is 5.32 Å². The van der Waals surface area contributed by atoms with Gasteiger partial charge in [0.05, 0.1) is 0 Å². The fraction of sp³-hybridized carbons (Fsp3) is 0.571. The number of hydrogen-bond donors (Lipinski definition) is 1. The number of benzene rings is 1. The Morgan fingerprint density at radius 1 is 1.35 bits per heavy atom. The van der Waals surface area contributed by atoms with Crippen LogP contribution in [0.5, 0.6) is 0 Å². The van der Waals surface area contributed by atoms with E-state index in [1.54, 1.807) is 0 Å². The van der Waals surface area contributed by atoms with Crippen molar-refractivity contribution < 1.29 is 0 Å². The van der Waals surface area contributed by atoms with Crippen LogP contribution in [0.4, 0.5) is 0 Å². The maximum atomic E-state index is 3.56. The van der Waals surface area contributed by atoms with E-state index in [1.807, 2.05) is 0 Å². The summed E-state index contributed by atoms with van der Waals surface area (Å²) in [7, 11) is 4.31. The van der Waals surface area contributed by atoms with Crippen LogP contribution >= 0.6 is 15.9 Å². The number of piperidine rings is 1. The van der Waals surface area contributed by atoms with Crippen molar-refractivity contribution >= 4 is 15.9 Å². The zero-order valence-corrected chi connectivity index (χ0v) is 12.3. The number of rotatable bonds is 3. The molecule has 1 fully saturated rings. The molecule has 1 aromatic carbocycles. The monoisotopic (exact) mass is 296 g/mol. The predicted octanol–water partition coefficient (Wildman–Crippen LogP) is 2.68. The lowest BCUT2D eigenvalue weighted by Gasteiger charge is -2.41. The molecule has 1 saturated heterocycles. The van der Waals surface area contributed by atoms with E-state index in [4.69, 9.17) is 0 Å². The average molecular weight is 297 g/mol. The molecule has 1 heterocycles. The van der Waals surface area contributed by atoms with Crippen LogP contribution in [0.25, 0.3) is 0 Å². The molecule has 17 heavy (non-hydrogen) atoms. The second kappa shape index (κ2) is 5.51. The van der Waals surface area contributed by atoms with E-state index in [0.717, 1.165) is 6.42 Å². The molecule has 0 amide bonds. The van der Waals surface area contributed by atoms with Crippen molar-refractivity contribution in [1.82, 2.24) is 10.2 Å². The summed E-state index contributed by atoms with van der Waals surface area (Å²) in [6.45, 7) is 2.38. The Morgan fingerprint density at radius 2 is 2.06 bits per heavy atom. The highest BCUT2D eigenvalue weighted by Crippen LogP contribution is 2.26. The second-order valence-electron chi connectivity index (χ2n) is 5.14. The van der Waals surface area contributed by atoms with E-state index in [9.17, 15) is 0 Å². The van der Waals surface area contributed by atoms with Crippen molar-refractivity contribution in [3.05, 3.63) is 34.3 Å². The Morgan fingerprint density at radius 3 is 2.65 bits per heavy atom. The van der Waals surface area contributed by atoms with Gasteiger partial charge in [-0.05, 0) is 64.1 Å². The first-order chi connectivity index (χ1) is 8.13. The molecule has 94 valence electrons. The van der Waals surface area contributed by atoms with Crippen LogP contribution in [0.2, 0.25) is 0 Å². The Hall–Kier alpha value is -0.380. The van der Waals surface area contributed by atoms with Gasteiger partial charge in [-0.25, -0.2) is 0 Å². The van der Waals surface area contributed by atoms with Gasteiger partial charge in [0.15, 0.2) is 0 Å². The Labute approximate surface area is 113 Å². The second-order valence-corrected chi connectivity index (χ2v) is 6.06. The van der Waals surface area contributed by atoms with Crippen LogP contribution in [0.3, 0.4) is 0 Å². The molecule has 0 bridgehead atoms. The quantitative estimate of drug-likeness (QED) is 0.923. The van der Waals surface area contributed by atoms with Crippen molar-refractivity contribution in [2.45, 2.75) is 24.8 Å². The molecule has 2 rings (SSSR count). The maximum Gasteiger partial charge on any atom is 0.0243 e. The van der Waals surface area contributed by atoms with Gasteiger partial charge in [0, 0.05) is 10.0 Å². The third-order valence-electron chi connectivity index (χ3n) is 3.91. The first-order valence-electron chi connectivity index (χ1n) is 6.25. The van der Waals surface area contributed by atoms with E-state index in [1.165, 1.54) is 36.0 Å². The maximum absolute atomic E-state index is 3.56. The van der Waals surface area contributed by atoms with Gasteiger partial charge in [0.25, 0.3) is 0 Å². The summed E-state index contributed by atoms with van der Waals surface area (Å²) in [5.74, 6) is 0. The van der Waals surface area contributed by atoms with Crippen LogP contribution in [-0.4, -0.2) is 37.6 Å². The topological polar surface area (TPSA) is 15.3 Å². The normalized spacial score (nSPS) is 20.4. The summed E-state index contributed by atoms with van der Waals surface area (Å²) in [6, 6.07) is 8.67. The molecule has 3 heteroatoms. The SMILES string of the molecule is CNC1(Cc2cccc(Br)c2)CCN(C)CC1. The number of halogens is 1. The first kappa shape index (κ1) is 13.1. The lowest BCUT2D eigenvalue weighted by molar-refractivity contribution is 0.163. The minimum atomic E-state index is 0.285. The van der Waals surface area contributed by atoms with E-state index in [0.29, 0.717) is 0 Å². The average Bonchev–Trinajstić information content (AvgIpc) is 2.33. The summed E-state index contributed by atoms with van der Waals surface area (Å²) in [5.41, 5.74) is 1.70. The van der Waals surface area contributed by atoms with E-state index < -0.39 is 0 Å². The van der Waals surface area contributed by atoms with Crippen LogP contribution in [0, 0.1) is 0 Å². The summed E-state index contributed by atoms with van der Waals surface area (Å²) in [5, 5.41) is 3.56. The lowest BCUT2D eigenvalue weighted by Crippen LogP contribution is -2.52. The summed E-state index contributed by atoms with van der Waals surface area (Å²) < 4.78 is 1.18. The number of likely N-dealkylation sites (tertiary alicyclic amines) is 1. The third kappa shape index (κ3) is 3.30. The van der Waals surface area contributed by atoms with E-state index >= 15 is 0 Å². The molecule has 1 aliphatic rings. The Balaban J connectivity index is 2.09. The number of hydrogen-bond acceptors (Lipinski definition) is 2. The highest BCUT2D eigenvalue weighted by Gasteiger charge is 2.31.